The number of sulfonamides is 1. The summed E-state index contributed by atoms with van der Waals surface area (Å²) in [5, 5.41) is 0. The van der Waals surface area contributed by atoms with Crippen molar-refractivity contribution in [2.75, 3.05) is 11.5 Å². The maximum Gasteiger partial charge on any atom is 0.269 e. The number of nitrogens with one attached hydrogen (secondary N) is 2. The minimum atomic E-state index is -4.46. The van der Waals surface area contributed by atoms with Gasteiger partial charge in [0.15, 0.2) is 4.90 Å². The van der Waals surface area contributed by atoms with E-state index in [-0.39, 0.29) is 40.6 Å². The summed E-state index contributed by atoms with van der Waals surface area (Å²) in [6.07, 6.45) is 2.99. The van der Waals surface area contributed by atoms with Crippen molar-refractivity contribution >= 4 is 21.7 Å². The standard InChI is InChI=1S/C27H31FN4O5S/c1-16(2)15-37-19-9-11-22(28)21(14-19)23-12-10-20(25(30-23)32-17(3)7-8-18(32)4)26(33)31-38(35,36)24-6-5-13-29-27(24)34/h5-6,9-14,16-18H,7-8,15H2,1-4H3,(H,29,34)(H,31,33)/t17-,18+. The molecule has 2 aromatic heterocycles. The minimum Gasteiger partial charge on any atom is -0.493 e. The van der Waals surface area contributed by atoms with E-state index in [9.17, 15) is 22.4 Å². The first-order valence-electron chi connectivity index (χ1n) is 12.4. The van der Waals surface area contributed by atoms with Gasteiger partial charge < -0.3 is 14.6 Å². The van der Waals surface area contributed by atoms with Gasteiger partial charge >= 0.3 is 0 Å². The summed E-state index contributed by atoms with van der Waals surface area (Å²) in [7, 11) is -4.46. The molecule has 0 unspecified atom stereocenters. The molecule has 2 atom stereocenters. The molecule has 0 radical (unpaired) electrons. The average Bonchev–Trinajstić information content (AvgIpc) is 3.20. The van der Waals surface area contributed by atoms with Crippen LogP contribution in [-0.4, -0.2) is 43.0 Å². The maximum atomic E-state index is 14.9. The van der Waals surface area contributed by atoms with Crippen molar-refractivity contribution in [2.24, 2.45) is 5.92 Å². The fourth-order valence-corrected chi connectivity index (χ4v) is 5.51. The Hall–Kier alpha value is -3.73. The lowest BCUT2D eigenvalue weighted by atomic mass is 10.1. The first kappa shape index (κ1) is 27.3. The molecule has 9 nitrogen and oxygen atoms in total. The SMILES string of the molecule is CC(C)COc1ccc(F)c(-c2ccc(C(=O)NS(=O)(=O)c3ccc[nH]c3=O)c(N3[C@H](C)CC[C@@H]3C)n2)c1. The number of aromatic amines is 1. The Bertz CT molecular complexity index is 1500. The van der Waals surface area contributed by atoms with Crippen LogP contribution < -0.4 is 19.9 Å². The molecular formula is C27H31FN4O5S. The molecule has 1 amide bonds. The Balaban J connectivity index is 1.77. The zero-order valence-corrected chi connectivity index (χ0v) is 22.5. The second kappa shape index (κ2) is 10.9. The third-order valence-electron chi connectivity index (χ3n) is 6.41. The number of hydrogen-bond acceptors (Lipinski definition) is 7. The Morgan fingerprint density at radius 1 is 1.18 bits per heavy atom. The molecule has 1 saturated heterocycles. The molecule has 4 rings (SSSR count). The molecule has 1 fully saturated rings. The van der Waals surface area contributed by atoms with Crippen LogP contribution in [0.2, 0.25) is 0 Å². The summed E-state index contributed by atoms with van der Waals surface area (Å²) in [5.74, 6) is -0.439. The van der Waals surface area contributed by atoms with E-state index in [0.29, 0.717) is 12.4 Å². The van der Waals surface area contributed by atoms with Crippen molar-refractivity contribution in [1.29, 1.82) is 0 Å². The Kier molecular flexibility index (Phi) is 7.86. The van der Waals surface area contributed by atoms with Crippen LogP contribution in [0.1, 0.15) is 50.9 Å². The monoisotopic (exact) mass is 542 g/mol. The summed E-state index contributed by atoms with van der Waals surface area (Å²) in [6.45, 7) is 8.45. The lowest BCUT2D eigenvalue weighted by molar-refractivity contribution is 0.0981. The zero-order chi connectivity index (χ0) is 27.6. The number of rotatable bonds is 8. The number of carbonyl (C=O) groups is 1. The van der Waals surface area contributed by atoms with Gasteiger partial charge in [-0.3, -0.25) is 9.59 Å². The number of hydrogen-bond donors (Lipinski definition) is 2. The van der Waals surface area contributed by atoms with Gasteiger partial charge in [-0.1, -0.05) is 13.8 Å². The van der Waals surface area contributed by atoms with Gasteiger partial charge in [-0.2, -0.15) is 0 Å². The summed E-state index contributed by atoms with van der Waals surface area (Å²) < 4.78 is 48.3. The molecule has 1 aliphatic rings. The third-order valence-corrected chi connectivity index (χ3v) is 7.77. The Labute approximate surface area is 221 Å². The first-order valence-corrected chi connectivity index (χ1v) is 13.9. The van der Waals surface area contributed by atoms with E-state index in [1.54, 1.807) is 12.1 Å². The second-order valence-corrected chi connectivity index (χ2v) is 11.5. The minimum absolute atomic E-state index is 0.00194. The molecule has 0 bridgehead atoms. The topological polar surface area (TPSA) is 121 Å². The molecule has 38 heavy (non-hydrogen) atoms. The number of halogens is 1. The van der Waals surface area contributed by atoms with Gasteiger partial charge in [-0.15, -0.1) is 0 Å². The molecule has 3 aromatic rings. The molecule has 1 aliphatic heterocycles. The van der Waals surface area contributed by atoms with Gasteiger partial charge in [0.2, 0.25) is 0 Å². The number of anilines is 1. The molecule has 202 valence electrons. The van der Waals surface area contributed by atoms with E-state index in [0.717, 1.165) is 18.9 Å². The lowest BCUT2D eigenvalue weighted by Gasteiger charge is -2.29. The third kappa shape index (κ3) is 5.72. The van der Waals surface area contributed by atoms with Crippen LogP contribution in [0.15, 0.2) is 58.4 Å². The summed E-state index contributed by atoms with van der Waals surface area (Å²) >= 11 is 0. The van der Waals surface area contributed by atoms with Crippen LogP contribution in [-0.2, 0) is 10.0 Å². The quantitative estimate of drug-likeness (QED) is 0.439. The number of amides is 1. The number of ether oxygens (including phenoxy) is 1. The summed E-state index contributed by atoms with van der Waals surface area (Å²) in [5.41, 5.74) is -0.378. The van der Waals surface area contributed by atoms with Crippen molar-refractivity contribution in [3.05, 3.63) is 70.4 Å². The summed E-state index contributed by atoms with van der Waals surface area (Å²) in [6, 6.07) is 9.79. The number of carbonyl (C=O) groups excluding carboxylic acids is 1. The van der Waals surface area contributed by atoms with Crippen molar-refractivity contribution in [2.45, 2.75) is 57.5 Å². The van der Waals surface area contributed by atoms with Crippen LogP contribution in [0.4, 0.5) is 10.2 Å². The highest BCUT2D eigenvalue weighted by Gasteiger charge is 2.33. The molecule has 0 saturated carbocycles. The molecule has 0 aliphatic carbocycles. The normalized spacial score (nSPS) is 17.6. The largest absolute Gasteiger partial charge is 0.493 e. The predicted octanol–water partition coefficient (Wildman–Crippen LogP) is 4.11. The molecule has 3 heterocycles. The van der Waals surface area contributed by atoms with Crippen molar-refractivity contribution in [1.82, 2.24) is 14.7 Å². The van der Waals surface area contributed by atoms with Gasteiger partial charge in [0.1, 0.15) is 17.4 Å². The van der Waals surface area contributed by atoms with Crippen molar-refractivity contribution in [3.8, 4) is 17.0 Å². The van der Waals surface area contributed by atoms with Gasteiger partial charge in [-0.05, 0) is 75.1 Å². The van der Waals surface area contributed by atoms with E-state index in [1.807, 2.05) is 37.3 Å². The average molecular weight is 543 g/mol. The number of aromatic nitrogens is 2. The Morgan fingerprint density at radius 3 is 2.55 bits per heavy atom. The first-order chi connectivity index (χ1) is 18.0. The lowest BCUT2D eigenvalue weighted by Crippen LogP contribution is -2.38. The Morgan fingerprint density at radius 2 is 1.89 bits per heavy atom. The highest BCUT2D eigenvalue weighted by molar-refractivity contribution is 7.90. The molecule has 1 aromatic carbocycles. The van der Waals surface area contributed by atoms with Crippen LogP contribution >= 0.6 is 0 Å². The molecular weight excluding hydrogens is 511 g/mol. The molecule has 0 spiro atoms. The summed E-state index contributed by atoms with van der Waals surface area (Å²) in [4.78, 5) is 33.6. The second-order valence-electron chi connectivity index (χ2n) is 9.89. The highest BCUT2D eigenvalue weighted by atomic mass is 32.2. The van der Waals surface area contributed by atoms with Gasteiger partial charge in [0, 0.05) is 23.8 Å². The van der Waals surface area contributed by atoms with Crippen LogP contribution in [0.3, 0.4) is 0 Å². The van der Waals surface area contributed by atoms with E-state index in [1.165, 1.54) is 30.5 Å². The fraction of sp³-hybridized carbons (Fsp3) is 0.370. The smallest absolute Gasteiger partial charge is 0.269 e. The molecule has 11 heteroatoms. The van der Waals surface area contributed by atoms with Crippen molar-refractivity contribution < 1.29 is 22.3 Å². The number of pyridine rings is 2. The van der Waals surface area contributed by atoms with Crippen LogP contribution in [0.5, 0.6) is 5.75 Å². The van der Waals surface area contributed by atoms with E-state index < -0.39 is 32.2 Å². The van der Waals surface area contributed by atoms with Gasteiger partial charge in [0.05, 0.1) is 17.9 Å². The number of H-pyrrole nitrogens is 1. The highest BCUT2D eigenvalue weighted by Crippen LogP contribution is 2.34. The van der Waals surface area contributed by atoms with E-state index in [2.05, 4.69) is 9.97 Å². The fourth-order valence-electron chi connectivity index (χ4n) is 4.49. The number of nitrogens with zero attached hydrogens (tertiary/aromatic N) is 2. The predicted molar refractivity (Wildman–Crippen MR) is 142 cm³/mol. The van der Waals surface area contributed by atoms with Crippen molar-refractivity contribution in [3.63, 3.8) is 0 Å². The zero-order valence-electron chi connectivity index (χ0n) is 21.7. The van der Waals surface area contributed by atoms with E-state index >= 15 is 0 Å². The van der Waals surface area contributed by atoms with Crippen LogP contribution in [0, 0.1) is 11.7 Å². The molecule has 2 N–H and O–H groups in total. The van der Waals surface area contributed by atoms with E-state index in [4.69, 9.17) is 4.74 Å². The number of benzene rings is 1. The van der Waals surface area contributed by atoms with Gasteiger partial charge in [-0.25, -0.2) is 22.5 Å². The maximum absolute atomic E-state index is 14.9. The van der Waals surface area contributed by atoms with Crippen LogP contribution in [0.25, 0.3) is 11.3 Å². The van der Waals surface area contributed by atoms with Gasteiger partial charge in [0.25, 0.3) is 21.5 Å².